The number of aromatic nitrogens is 1. The van der Waals surface area contributed by atoms with Gasteiger partial charge in [0, 0.05) is 35.0 Å². The molecule has 154 valence electrons. The summed E-state index contributed by atoms with van der Waals surface area (Å²) in [6.45, 7) is 0. The summed E-state index contributed by atoms with van der Waals surface area (Å²) in [5, 5.41) is 4.31. The van der Waals surface area contributed by atoms with Gasteiger partial charge in [-0.25, -0.2) is 0 Å². The summed E-state index contributed by atoms with van der Waals surface area (Å²) >= 11 is 1.29. The second kappa shape index (κ2) is 7.72. The highest BCUT2D eigenvalue weighted by atomic mass is 32.1. The van der Waals surface area contributed by atoms with E-state index in [2.05, 4.69) is 5.32 Å². The lowest BCUT2D eigenvalue weighted by molar-refractivity contribution is 0.103. The molecule has 0 saturated heterocycles. The van der Waals surface area contributed by atoms with Crippen LogP contribution in [-0.4, -0.2) is 31.8 Å². The molecule has 0 bridgehead atoms. The van der Waals surface area contributed by atoms with E-state index in [0.717, 1.165) is 15.6 Å². The third-order valence-electron chi connectivity index (χ3n) is 4.92. The normalized spacial score (nSPS) is 10.9. The molecule has 0 fully saturated rings. The van der Waals surface area contributed by atoms with Gasteiger partial charge >= 0.3 is 0 Å². The van der Waals surface area contributed by atoms with Crippen LogP contribution in [0.4, 0.5) is 5.69 Å². The Morgan fingerprint density at radius 3 is 2.27 bits per heavy atom. The number of thiophene rings is 1. The maximum absolute atomic E-state index is 12.9. The number of methoxy groups -OCH3 is 3. The second-order valence-corrected chi connectivity index (χ2v) is 7.66. The average Bonchev–Trinajstić information content (AvgIpc) is 3.22. The van der Waals surface area contributed by atoms with Gasteiger partial charge in [-0.15, -0.1) is 11.3 Å². The molecule has 0 spiro atoms. The zero-order valence-electron chi connectivity index (χ0n) is 16.9. The molecular formula is C22H20N2O5S. The number of pyridine rings is 1. The number of amides is 1. The van der Waals surface area contributed by atoms with Crippen molar-refractivity contribution in [3.8, 4) is 17.2 Å². The quantitative estimate of drug-likeness (QED) is 0.523. The summed E-state index contributed by atoms with van der Waals surface area (Å²) in [6, 6.07) is 12.6. The molecule has 0 saturated carbocycles. The van der Waals surface area contributed by atoms with Gasteiger partial charge in [0.05, 0.1) is 37.1 Å². The number of benzene rings is 2. The van der Waals surface area contributed by atoms with E-state index >= 15 is 0 Å². The Morgan fingerprint density at radius 2 is 1.63 bits per heavy atom. The molecule has 2 aromatic heterocycles. The van der Waals surface area contributed by atoms with E-state index in [0.29, 0.717) is 33.2 Å². The van der Waals surface area contributed by atoms with E-state index in [1.807, 2.05) is 24.3 Å². The van der Waals surface area contributed by atoms with E-state index < -0.39 is 0 Å². The topological polar surface area (TPSA) is 78.8 Å². The Morgan fingerprint density at radius 1 is 0.967 bits per heavy atom. The van der Waals surface area contributed by atoms with Crippen LogP contribution in [0.25, 0.3) is 21.0 Å². The van der Waals surface area contributed by atoms with Crippen LogP contribution in [0, 0.1) is 0 Å². The maximum atomic E-state index is 12.9. The third-order valence-corrected chi connectivity index (χ3v) is 6.09. The largest absolute Gasteiger partial charge is 0.493 e. The summed E-state index contributed by atoms with van der Waals surface area (Å²) in [5.41, 5.74) is 1.19. The number of para-hydroxylation sites is 1. The summed E-state index contributed by atoms with van der Waals surface area (Å²) in [4.78, 5) is 26.1. The van der Waals surface area contributed by atoms with Gasteiger partial charge in [-0.1, -0.05) is 18.2 Å². The highest BCUT2D eigenvalue weighted by Gasteiger charge is 2.18. The molecule has 0 atom stereocenters. The van der Waals surface area contributed by atoms with E-state index in [1.165, 1.54) is 32.7 Å². The minimum atomic E-state index is -0.323. The first kappa shape index (κ1) is 19.8. The Kier molecular flexibility index (Phi) is 5.09. The molecule has 2 aromatic carbocycles. The molecule has 8 heteroatoms. The Bertz CT molecular complexity index is 1310. The van der Waals surface area contributed by atoms with Crippen molar-refractivity contribution >= 4 is 43.9 Å². The summed E-state index contributed by atoms with van der Waals surface area (Å²) in [5.74, 6) is 0.984. The number of anilines is 1. The SMILES string of the molecule is COc1cc(NC(=O)c2cc3c(=O)n(C)c4ccccc4c3s2)cc(OC)c1OC. The number of carbonyl (C=O) groups excluding carboxylic acids is 1. The molecule has 0 aliphatic rings. The molecular weight excluding hydrogens is 404 g/mol. The van der Waals surface area contributed by atoms with Gasteiger partial charge < -0.3 is 24.1 Å². The molecule has 4 rings (SSSR count). The van der Waals surface area contributed by atoms with Crippen LogP contribution in [0.2, 0.25) is 0 Å². The number of nitrogens with one attached hydrogen (secondary N) is 1. The summed E-state index contributed by atoms with van der Waals surface area (Å²) in [7, 11) is 6.27. The Hall–Kier alpha value is -3.52. The number of rotatable bonds is 5. The number of ether oxygens (including phenoxy) is 3. The minimum absolute atomic E-state index is 0.133. The number of nitrogens with zero attached hydrogens (tertiary/aromatic N) is 1. The molecule has 1 amide bonds. The van der Waals surface area contributed by atoms with Gasteiger partial charge in [-0.3, -0.25) is 9.59 Å². The summed E-state index contributed by atoms with van der Waals surface area (Å²) in [6.07, 6.45) is 0. The molecule has 0 aliphatic heterocycles. The van der Waals surface area contributed by atoms with Gasteiger partial charge in [0.2, 0.25) is 5.75 Å². The van der Waals surface area contributed by atoms with E-state index in [4.69, 9.17) is 14.2 Å². The second-order valence-electron chi connectivity index (χ2n) is 6.60. The standard InChI is InChI=1S/C22H20N2O5S/c1-24-15-8-6-5-7-13(15)20-14(22(24)26)11-18(30-20)21(25)23-12-9-16(27-2)19(29-4)17(10-12)28-3/h5-11H,1-4H3,(H,23,25). The van der Waals surface area contributed by atoms with Crippen LogP contribution in [0.3, 0.4) is 0 Å². The lowest BCUT2D eigenvalue weighted by atomic mass is 10.1. The van der Waals surface area contributed by atoms with Crippen molar-refractivity contribution in [2.45, 2.75) is 0 Å². The Balaban J connectivity index is 1.77. The monoisotopic (exact) mass is 424 g/mol. The highest BCUT2D eigenvalue weighted by Crippen LogP contribution is 2.40. The number of hydrogen-bond acceptors (Lipinski definition) is 6. The van der Waals surface area contributed by atoms with E-state index in [-0.39, 0.29) is 11.5 Å². The van der Waals surface area contributed by atoms with E-state index in [9.17, 15) is 9.59 Å². The van der Waals surface area contributed by atoms with Crippen LogP contribution in [0.15, 0.2) is 47.3 Å². The molecule has 30 heavy (non-hydrogen) atoms. The van der Waals surface area contributed by atoms with Crippen LogP contribution < -0.4 is 25.1 Å². The van der Waals surface area contributed by atoms with Gasteiger partial charge in [-0.2, -0.15) is 0 Å². The molecule has 2 heterocycles. The predicted molar refractivity (Wildman–Crippen MR) is 119 cm³/mol. The zero-order chi connectivity index (χ0) is 21.4. The minimum Gasteiger partial charge on any atom is -0.493 e. The number of hydrogen-bond donors (Lipinski definition) is 1. The van der Waals surface area contributed by atoms with Crippen molar-refractivity contribution in [3.63, 3.8) is 0 Å². The molecule has 0 unspecified atom stereocenters. The smallest absolute Gasteiger partial charge is 0.265 e. The maximum Gasteiger partial charge on any atom is 0.265 e. The molecule has 0 aliphatic carbocycles. The van der Waals surface area contributed by atoms with Crippen LogP contribution in [0.1, 0.15) is 9.67 Å². The van der Waals surface area contributed by atoms with Crippen LogP contribution >= 0.6 is 11.3 Å². The van der Waals surface area contributed by atoms with Crippen molar-refractivity contribution in [3.05, 3.63) is 57.7 Å². The fraction of sp³-hybridized carbons (Fsp3) is 0.182. The first-order valence-electron chi connectivity index (χ1n) is 9.11. The molecule has 7 nitrogen and oxygen atoms in total. The highest BCUT2D eigenvalue weighted by molar-refractivity contribution is 7.21. The fourth-order valence-corrected chi connectivity index (χ4v) is 4.54. The van der Waals surface area contributed by atoms with Crippen molar-refractivity contribution in [2.24, 2.45) is 7.05 Å². The number of aryl methyl sites for hydroxylation is 1. The molecule has 4 aromatic rings. The zero-order valence-corrected chi connectivity index (χ0v) is 17.8. The predicted octanol–water partition coefficient (Wildman–Crippen LogP) is 4.03. The fourth-order valence-electron chi connectivity index (χ4n) is 3.46. The van der Waals surface area contributed by atoms with Crippen LogP contribution in [0.5, 0.6) is 17.2 Å². The van der Waals surface area contributed by atoms with Crippen molar-refractivity contribution in [2.75, 3.05) is 26.6 Å². The van der Waals surface area contributed by atoms with Gasteiger partial charge in [-0.05, 0) is 12.1 Å². The van der Waals surface area contributed by atoms with Gasteiger partial charge in [0.15, 0.2) is 11.5 Å². The Labute approximate surface area is 176 Å². The molecule has 0 radical (unpaired) electrons. The molecule has 1 N–H and O–H groups in total. The van der Waals surface area contributed by atoms with Gasteiger partial charge in [0.25, 0.3) is 11.5 Å². The van der Waals surface area contributed by atoms with Crippen molar-refractivity contribution < 1.29 is 19.0 Å². The number of fused-ring (bicyclic) bond motifs is 3. The van der Waals surface area contributed by atoms with E-state index in [1.54, 1.807) is 29.8 Å². The average molecular weight is 424 g/mol. The lowest BCUT2D eigenvalue weighted by Crippen LogP contribution is -2.16. The number of carbonyl (C=O) groups is 1. The first-order valence-corrected chi connectivity index (χ1v) is 9.92. The van der Waals surface area contributed by atoms with Crippen LogP contribution in [-0.2, 0) is 7.05 Å². The van der Waals surface area contributed by atoms with Gasteiger partial charge in [0.1, 0.15) is 0 Å². The van der Waals surface area contributed by atoms with Crippen molar-refractivity contribution in [1.82, 2.24) is 4.57 Å². The van der Waals surface area contributed by atoms with Crippen molar-refractivity contribution in [1.29, 1.82) is 0 Å². The lowest BCUT2D eigenvalue weighted by Gasteiger charge is -2.14. The first-order chi connectivity index (χ1) is 14.5. The third kappa shape index (κ3) is 3.15. The summed E-state index contributed by atoms with van der Waals surface area (Å²) < 4.78 is 18.4.